The van der Waals surface area contributed by atoms with E-state index in [9.17, 15) is 15.0 Å². The third kappa shape index (κ3) is 9.20. The van der Waals surface area contributed by atoms with Gasteiger partial charge in [0, 0.05) is 6.54 Å². The fraction of sp³-hybridized carbons (Fsp3) is 0.731. The zero-order valence-corrected chi connectivity index (χ0v) is 19.4. The molecule has 5 heteroatoms. The van der Waals surface area contributed by atoms with E-state index in [1.165, 1.54) is 64.2 Å². The van der Waals surface area contributed by atoms with E-state index in [-0.39, 0.29) is 6.04 Å². The van der Waals surface area contributed by atoms with Crippen molar-refractivity contribution >= 4 is 6.09 Å². The normalized spacial score (nSPS) is 19.6. The molecule has 0 spiro atoms. The van der Waals surface area contributed by atoms with Crippen LogP contribution in [0.4, 0.5) is 4.79 Å². The van der Waals surface area contributed by atoms with Crippen molar-refractivity contribution in [2.24, 2.45) is 0 Å². The number of unbranched alkanes of at least 4 members (excludes halogenated alkanes) is 11. The number of aliphatic hydroxyl groups is 2. The molecular formula is C26H43NO4. The van der Waals surface area contributed by atoms with Gasteiger partial charge in [0.15, 0.2) is 6.10 Å². The number of rotatable bonds is 17. The number of carbonyl (C=O) groups excluding carboxylic acids is 1. The average molecular weight is 434 g/mol. The van der Waals surface area contributed by atoms with E-state index in [0.717, 1.165) is 24.8 Å². The first-order chi connectivity index (χ1) is 15.2. The summed E-state index contributed by atoms with van der Waals surface area (Å²) in [7, 11) is 0. The summed E-state index contributed by atoms with van der Waals surface area (Å²) in [5.41, 5.74) is 1.04. The summed E-state index contributed by atoms with van der Waals surface area (Å²) in [6.45, 7) is 2.33. The Labute approximate surface area is 188 Å². The zero-order valence-electron chi connectivity index (χ0n) is 19.4. The van der Waals surface area contributed by atoms with E-state index in [0.29, 0.717) is 6.54 Å². The molecule has 1 amide bonds. The molecule has 31 heavy (non-hydrogen) atoms. The number of hydrogen-bond donors (Lipinski definition) is 2. The smallest absolute Gasteiger partial charge is 0.410 e. The Morgan fingerprint density at radius 3 is 2.00 bits per heavy atom. The highest BCUT2D eigenvalue weighted by molar-refractivity contribution is 5.71. The van der Waals surface area contributed by atoms with Crippen LogP contribution >= 0.6 is 0 Å². The summed E-state index contributed by atoms with van der Waals surface area (Å²) >= 11 is 0. The van der Waals surface area contributed by atoms with Crippen LogP contribution in [0.5, 0.6) is 0 Å². The Morgan fingerprint density at radius 1 is 0.903 bits per heavy atom. The van der Waals surface area contributed by atoms with Crippen molar-refractivity contribution in [2.45, 2.75) is 115 Å². The maximum atomic E-state index is 12.4. The Bertz CT molecular complexity index is 594. The Kier molecular flexibility index (Phi) is 12.6. The van der Waals surface area contributed by atoms with Gasteiger partial charge in [-0.25, -0.2) is 4.79 Å². The summed E-state index contributed by atoms with van der Waals surface area (Å²) in [4.78, 5) is 14.2. The highest BCUT2D eigenvalue weighted by atomic mass is 16.6. The van der Waals surface area contributed by atoms with Crippen LogP contribution in [0.2, 0.25) is 0 Å². The van der Waals surface area contributed by atoms with Crippen LogP contribution in [0.25, 0.3) is 0 Å². The molecule has 0 bridgehead atoms. The van der Waals surface area contributed by atoms with Gasteiger partial charge >= 0.3 is 6.09 Å². The molecule has 176 valence electrons. The molecule has 1 saturated heterocycles. The molecule has 2 N–H and O–H groups in total. The van der Waals surface area contributed by atoms with Crippen LogP contribution in [-0.4, -0.2) is 46.1 Å². The first-order valence-electron chi connectivity index (χ1n) is 12.5. The molecule has 1 aliphatic heterocycles. The van der Waals surface area contributed by atoms with Gasteiger partial charge in [-0.3, -0.25) is 4.90 Å². The lowest BCUT2D eigenvalue weighted by molar-refractivity contribution is -0.0156. The molecule has 3 atom stereocenters. The predicted molar refractivity (Wildman–Crippen MR) is 125 cm³/mol. The number of carbonyl (C=O) groups is 1. The van der Waals surface area contributed by atoms with Crippen LogP contribution < -0.4 is 0 Å². The number of nitrogens with zero attached hydrogens (tertiary/aromatic N) is 1. The third-order valence-electron chi connectivity index (χ3n) is 6.37. The second-order valence-corrected chi connectivity index (χ2v) is 8.96. The highest BCUT2D eigenvalue weighted by Crippen LogP contribution is 2.28. The van der Waals surface area contributed by atoms with Crippen molar-refractivity contribution < 1.29 is 19.7 Å². The van der Waals surface area contributed by atoms with Gasteiger partial charge in [-0.15, -0.1) is 0 Å². The second-order valence-electron chi connectivity index (χ2n) is 8.96. The summed E-state index contributed by atoms with van der Waals surface area (Å²) in [6, 6.07) is 9.65. The highest BCUT2D eigenvalue weighted by Gasteiger charge is 2.44. The minimum Gasteiger partial charge on any atom is -0.441 e. The van der Waals surface area contributed by atoms with Gasteiger partial charge in [0.2, 0.25) is 0 Å². The van der Waals surface area contributed by atoms with Gasteiger partial charge in [0.1, 0.15) is 6.10 Å². The van der Waals surface area contributed by atoms with Gasteiger partial charge in [-0.1, -0.05) is 114 Å². The summed E-state index contributed by atoms with van der Waals surface area (Å²) < 4.78 is 5.45. The molecule has 0 radical (unpaired) electrons. The average Bonchev–Trinajstić information content (AvgIpc) is 3.10. The van der Waals surface area contributed by atoms with Crippen molar-refractivity contribution in [3.8, 4) is 0 Å². The van der Waals surface area contributed by atoms with Crippen LogP contribution in [0.1, 0.15) is 96.0 Å². The molecule has 1 heterocycles. The van der Waals surface area contributed by atoms with Crippen molar-refractivity contribution in [1.82, 2.24) is 4.90 Å². The summed E-state index contributed by atoms with van der Waals surface area (Å²) in [5, 5.41) is 19.6. The number of benzene rings is 1. The number of amides is 1. The van der Waals surface area contributed by atoms with E-state index in [1.54, 1.807) is 4.90 Å². The van der Waals surface area contributed by atoms with Crippen molar-refractivity contribution in [2.75, 3.05) is 6.61 Å². The van der Waals surface area contributed by atoms with Gasteiger partial charge < -0.3 is 14.9 Å². The first kappa shape index (κ1) is 25.7. The maximum absolute atomic E-state index is 12.4. The van der Waals surface area contributed by atoms with E-state index in [4.69, 9.17) is 4.74 Å². The third-order valence-corrected chi connectivity index (χ3v) is 6.37. The Morgan fingerprint density at radius 2 is 1.45 bits per heavy atom. The summed E-state index contributed by atoms with van der Waals surface area (Å²) in [6.07, 6.45) is 14.1. The molecule has 0 unspecified atom stereocenters. The van der Waals surface area contributed by atoms with E-state index >= 15 is 0 Å². The number of cyclic esters (lactones) is 1. The van der Waals surface area contributed by atoms with E-state index < -0.39 is 24.9 Å². The van der Waals surface area contributed by atoms with E-state index in [1.807, 2.05) is 30.3 Å². The molecule has 0 aliphatic carbocycles. The molecule has 1 aliphatic rings. The number of aliphatic hydroxyl groups excluding tert-OH is 2. The van der Waals surface area contributed by atoms with Crippen LogP contribution in [0.3, 0.4) is 0 Å². The topological polar surface area (TPSA) is 70.0 Å². The van der Waals surface area contributed by atoms with Crippen LogP contribution in [-0.2, 0) is 11.3 Å². The van der Waals surface area contributed by atoms with Crippen molar-refractivity contribution in [1.29, 1.82) is 0 Å². The lowest BCUT2D eigenvalue weighted by atomic mass is 9.97. The van der Waals surface area contributed by atoms with Crippen LogP contribution in [0.15, 0.2) is 30.3 Å². The Hall–Kier alpha value is -1.59. The number of hydrogen-bond acceptors (Lipinski definition) is 4. The minimum absolute atomic E-state index is 0.196. The molecule has 1 aromatic carbocycles. The lowest BCUT2D eigenvalue weighted by Gasteiger charge is -2.26. The Balaban J connectivity index is 1.69. The fourth-order valence-electron chi connectivity index (χ4n) is 4.49. The quantitative estimate of drug-likeness (QED) is 0.304. The molecule has 1 fully saturated rings. The standard InChI is InChI=1S/C26H43NO4/c1-2-3-4-5-6-7-8-9-10-11-12-16-19-23-25(24(29)21-28)31-26(30)27(23)20-22-17-14-13-15-18-22/h13-15,17-18,23-25,28-29H,2-12,16,19-21H2,1H3/t23-,24+,25+/m0/s1. The fourth-order valence-corrected chi connectivity index (χ4v) is 4.49. The monoisotopic (exact) mass is 433 g/mol. The second kappa shape index (κ2) is 15.3. The molecule has 5 nitrogen and oxygen atoms in total. The SMILES string of the molecule is CCCCCCCCCCCCCC[C@H]1[C@H]([C@H](O)CO)OC(=O)N1Cc1ccccc1. The lowest BCUT2D eigenvalue weighted by Crippen LogP contribution is -2.42. The first-order valence-corrected chi connectivity index (χ1v) is 12.5. The largest absolute Gasteiger partial charge is 0.441 e. The number of ether oxygens (including phenoxy) is 1. The minimum atomic E-state index is -1.04. The van der Waals surface area contributed by atoms with Gasteiger partial charge in [-0.2, -0.15) is 0 Å². The molecule has 2 rings (SSSR count). The predicted octanol–water partition coefficient (Wildman–Crippen LogP) is 5.82. The maximum Gasteiger partial charge on any atom is 0.410 e. The van der Waals surface area contributed by atoms with E-state index in [2.05, 4.69) is 6.92 Å². The zero-order chi connectivity index (χ0) is 22.3. The molecule has 0 saturated carbocycles. The summed E-state index contributed by atoms with van der Waals surface area (Å²) in [5.74, 6) is 0. The van der Waals surface area contributed by atoms with Crippen molar-refractivity contribution in [3.63, 3.8) is 0 Å². The molecule has 0 aromatic heterocycles. The molecule has 1 aromatic rings. The van der Waals surface area contributed by atoms with Crippen LogP contribution in [0, 0.1) is 0 Å². The van der Waals surface area contributed by atoms with Gasteiger partial charge in [0.05, 0.1) is 12.6 Å². The van der Waals surface area contributed by atoms with Gasteiger partial charge in [-0.05, 0) is 12.0 Å². The van der Waals surface area contributed by atoms with Crippen molar-refractivity contribution in [3.05, 3.63) is 35.9 Å². The molecular weight excluding hydrogens is 390 g/mol. The van der Waals surface area contributed by atoms with Gasteiger partial charge in [0.25, 0.3) is 0 Å².